The molecule has 0 spiro atoms. The van der Waals surface area contributed by atoms with Crippen LogP contribution in [0.15, 0.2) is 42.6 Å². The molecule has 0 fully saturated rings. The van der Waals surface area contributed by atoms with Crippen LogP contribution in [0, 0.1) is 0 Å². The molecule has 2 aromatic rings. The number of carbonyl (C=O) groups is 1. The van der Waals surface area contributed by atoms with Crippen molar-refractivity contribution < 1.29 is 9.90 Å². The second kappa shape index (κ2) is 5.33. The molecule has 0 saturated carbocycles. The molecule has 1 aromatic heterocycles. The van der Waals surface area contributed by atoms with Crippen LogP contribution in [0.5, 0.6) is 0 Å². The normalized spacial score (nSPS) is 13.9. The third-order valence-electron chi connectivity index (χ3n) is 3.63. The number of benzene rings is 1. The number of rotatable bonds is 3. The van der Waals surface area contributed by atoms with E-state index in [4.69, 9.17) is 5.11 Å². The first-order valence-electron chi connectivity index (χ1n) is 6.75. The molecular formula is C16H16N2O2. The number of anilines is 1. The van der Waals surface area contributed by atoms with Gasteiger partial charge in [-0.1, -0.05) is 18.2 Å². The molecule has 102 valence electrons. The number of fused-ring (bicyclic) bond motifs is 1. The van der Waals surface area contributed by atoms with Gasteiger partial charge in [0.05, 0.1) is 17.8 Å². The highest BCUT2D eigenvalue weighted by Crippen LogP contribution is 2.27. The Balaban J connectivity index is 1.80. The van der Waals surface area contributed by atoms with Crippen molar-refractivity contribution in [3.05, 3.63) is 59.4 Å². The zero-order chi connectivity index (χ0) is 13.9. The fourth-order valence-corrected chi connectivity index (χ4v) is 2.62. The van der Waals surface area contributed by atoms with Crippen LogP contribution in [0.3, 0.4) is 0 Å². The monoisotopic (exact) mass is 268 g/mol. The van der Waals surface area contributed by atoms with Crippen LogP contribution in [-0.4, -0.2) is 22.6 Å². The average Bonchev–Trinajstić information content (AvgIpc) is 2.48. The van der Waals surface area contributed by atoms with Crippen molar-refractivity contribution in [2.45, 2.75) is 19.4 Å². The molecule has 0 aliphatic carbocycles. The summed E-state index contributed by atoms with van der Waals surface area (Å²) in [6, 6.07) is 11.8. The third kappa shape index (κ3) is 2.50. The molecule has 0 bridgehead atoms. The Hall–Kier alpha value is -2.36. The maximum atomic E-state index is 10.8. The molecule has 1 N–H and O–H groups in total. The summed E-state index contributed by atoms with van der Waals surface area (Å²) in [6.07, 6.45) is 3.69. The summed E-state index contributed by atoms with van der Waals surface area (Å²) in [5, 5.41) is 8.88. The summed E-state index contributed by atoms with van der Waals surface area (Å²) in [6.45, 7) is 1.73. The lowest BCUT2D eigenvalue weighted by molar-refractivity contribution is 0.0696. The number of pyridine rings is 1. The van der Waals surface area contributed by atoms with Gasteiger partial charge in [0.2, 0.25) is 0 Å². The van der Waals surface area contributed by atoms with Crippen molar-refractivity contribution in [3.63, 3.8) is 0 Å². The number of aromatic nitrogens is 1. The Labute approximate surface area is 117 Å². The number of para-hydroxylation sites is 1. The van der Waals surface area contributed by atoms with Crippen LogP contribution in [0.4, 0.5) is 5.69 Å². The molecule has 0 amide bonds. The molecule has 4 heteroatoms. The lowest BCUT2D eigenvalue weighted by atomic mass is 10.0. The second-order valence-electron chi connectivity index (χ2n) is 5.00. The van der Waals surface area contributed by atoms with Crippen LogP contribution in [-0.2, 0) is 13.0 Å². The van der Waals surface area contributed by atoms with Crippen molar-refractivity contribution in [3.8, 4) is 0 Å². The highest BCUT2D eigenvalue weighted by molar-refractivity contribution is 5.87. The van der Waals surface area contributed by atoms with E-state index < -0.39 is 5.97 Å². The predicted molar refractivity (Wildman–Crippen MR) is 77.0 cm³/mol. The van der Waals surface area contributed by atoms with Gasteiger partial charge in [-0.15, -0.1) is 0 Å². The van der Waals surface area contributed by atoms with Crippen molar-refractivity contribution in [1.29, 1.82) is 0 Å². The van der Waals surface area contributed by atoms with Crippen LogP contribution in [0.25, 0.3) is 0 Å². The number of aryl methyl sites for hydroxylation is 1. The Morgan fingerprint density at radius 2 is 2.10 bits per heavy atom. The van der Waals surface area contributed by atoms with Gasteiger partial charge in [0.25, 0.3) is 0 Å². The van der Waals surface area contributed by atoms with E-state index in [0.29, 0.717) is 0 Å². The highest BCUT2D eigenvalue weighted by Gasteiger charge is 2.16. The SMILES string of the molecule is O=C(O)c1ccc(CN2CCCc3ccccc32)nc1. The van der Waals surface area contributed by atoms with Gasteiger partial charge in [-0.2, -0.15) is 0 Å². The first-order chi connectivity index (χ1) is 9.74. The summed E-state index contributed by atoms with van der Waals surface area (Å²) >= 11 is 0. The van der Waals surface area contributed by atoms with Crippen LogP contribution in [0.1, 0.15) is 28.0 Å². The van der Waals surface area contributed by atoms with Gasteiger partial charge in [0.1, 0.15) is 0 Å². The summed E-state index contributed by atoms with van der Waals surface area (Å²) in [4.78, 5) is 17.4. The van der Waals surface area contributed by atoms with Gasteiger partial charge < -0.3 is 10.0 Å². The number of hydrogen-bond acceptors (Lipinski definition) is 3. The highest BCUT2D eigenvalue weighted by atomic mass is 16.4. The standard InChI is InChI=1S/C16H16N2O2/c19-16(20)13-7-8-14(17-10-13)11-18-9-3-5-12-4-1-2-6-15(12)18/h1-2,4,6-8,10H,3,5,9,11H2,(H,19,20). The molecule has 0 saturated heterocycles. The predicted octanol–water partition coefficient (Wildman–Crippen LogP) is 2.73. The van der Waals surface area contributed by atoms with Crippen LogP contribution in [0.2, 0.25) is 0 Å². The largest absolute Gasteiger partial charge is 0.478 e. The van der Waals surface area contributed by atoms with E-state index in [2.05, 4.69) is 34.1 Å². The van der Waals surface area contributed by atoms with Gasteiger partial charge in [-0.25, -0.2) is 4.79 Å². The zero-order valence-electron chi connectivity index (χ0n) is 11.1. The Morgan fingerprint density at radius 3 is 2.85 bits per heavy atom. The topological polar surface area (TPSA) is 53.4 Å². The minimum absolute atomic E-state index is 0.229. The minimum Gasteiger partial charge on any atom is -0.478 e. The Kier molecular flexibility index (Phi) is 3.37. The van der Waals surface area contributed by atoms with Gasteiger partial charge in [0, 0.05) is 18.4 Å². The number of carboxylic acid groups (broad SMARTS) is 1. The molecule has 0 atom stereocenters. The summed E-state index contributed by atoms with van der Waals surface area (Å²) in [5.74, 6) is -0.938. The third-order valence-corrected chi connectivity index (χ3v) is 3.63. The van der Waals surface area contributed by atoms with Crippen molar-refractivity contribution >= 4 is 11.7 Å². The van der Waals surface area contributed by atoms with E-state index in [9.17, 15) is 4.79 Å². The first kappa shape index (κ1) is 12.7. The minimum atomic E-state index is -0.938. The molecule has 1 aliphatic heterocycles. The maximum absolute atomic E-state index is 10.8. The summed E-state index contributed by atoms with van der Waals surface area (Å²) < 4.78 is 0. The summed E-state index contributed by atoms with van der Waals surface area (Å²) in [5.41, 5.74) is 3.77. The van der Waals surface area contributed by atoms with E-state index in [1.807, 2.05) is 0 Å². The molecule has 1 aromatic carbocycles. The maximum Gasteiger partial charge on any atom is 0.337 e. The quantitative estimate of drug-likeness (QED) is 0.930. The molecule has 4 nitrogen and oxygen atoms in total. The van der Waals surface area contributed by atoms with Crippen molar-refractivity contribution in [2.24, 2.45) is 0 Å². The van der Waals surface area contributed by atoms with Gasteiger partial charge in [-0.05, 0) is 36.6 Å². The average molecular weight is 268 g/mol. The lowest BCUT2D eigenvalue weighted by Gasteiger charge is -2.31. The van der Waals surface area contributed by atoms with E-state index in [-0.39, 0.29) is 5.56 Å². The molecule has 2 heterocycles. The van der Waals surface area contributed by atoms with Crippen molar-refractivity contribution in [1.82, 2.24) is 4.98 Å². The smallest absolute Gasteiger partial charge is 0.337 e. The molecular weight excluding hydrogens is 252 g/mol. The van der Waals surface area contributed by atoms with Crippen LogP contribution >= 0.6 is 0 Å². The zero-order valence-corrected chi connectivity index (χ0v) is 11.1. The fraction of sp³-hybridized carbons (Fsp3) is 0.250. The first-order valence-corrected chi connectivity index (χ1v) is 6.75. The van der Waals surface area contributed by atoms with Crippen molar-refractivity contribution in [2.75, 3.05) is 11.4 Å². The molecule has 20 heavy (non-hydrogen) atoms. The fourth-order valence-electron chi connectivity index (χ4n) is 2.62. The van der Waals surface area contributed by atoms with E-state index in [1.54, 1.807) is 12.1 Å². The number of hydrogen-bond donors (Lipinski definition) is 1. The Morgan fingerprint density at radius 1 is 1.25 bits per heavy atom. The Bertz CT molecular complexity index is 623. The van der Waals surface area contributed by atoms with Gasteiger partial charge >= 0.3 is 5.97 Å². The molecule has 3 rings (SSSR count). The number of carboxylic acids is 1. The lowest BCUT2D eigenvalue weighted by Crippen LogP contribution is -2.29. The molecule has 0 unspecified atom stereocenters. The van der Waals surface area contributed by atoms with E-state index >= 15 is 0 Å². The van der Waals surface area contributed by atoms with Crippen LogP contribution < -0.4 is 4.90 Å². The van der Waals surface area contributed by atoms with E-state index in [1.165, 1.54) is 17.4 Å². The second-order valence-corrected chi connectivity index (χ2v) is 5.00. The van der Waals surface area contributed by atoms with Gasteiger partial charge in [-0.3, -0.25) is 4.98 Å². The summed E-state index contributed by atoms with van der Waals surface area (Å²) in [7, 11) is 0. The molecule has 0 radical (unpaired) electrons. The number of aromatic carboxylic acids is 1. The van der Waals surface area contributed by atoms with Gasteiger partial charge in [0.15, 0.2) is 0 Å². The molecule has 1 aliphatic rings. The van der Waals surface area contributed by atoms with E-state index in [0.717, 1.165) is 31.6 Å². The number of nitrogens with zero attached hydrogens (tertiary/aromatic N) is 2.